The van der Waals surface area contributed by atoms with Crippen molar-refractivity contribution in [2.45, 2.75) is 115 Å². The number of aryl methyl sites for hydroxylation is 1. The van der Waals surface area contributed by atoms with Crippen LogP contribution in [-0.2, 0) is 21.0 Å². The zero-order chi connectivity index (χ0) is 39.4. The van der Waals surface area contributed by atoms with Gasteiger partial charge in [-0.1, -0.05) is 50.6 Å². The SMILES string of the molecule is C[C@H](CCC(=O)O)[C@H]1CCC2C3C(CC[C@@]21C)[C@@]1(C)CC[C@H](O)CC1C[C@@H]3O.Cc1ccc(-c2cc(C(F)(F)F)nn2-c2ccc(S(N)(=O)=O)cc2)cc1. The van der Waals surface area contributed by atoms with Crippen LogP contribution >= 0.6 is 0 Å². The molecule has 54 heavy (non-hydrogen) atoms. The Morgan fingerprint density at radius 2 is 1.59 bits per heavy atom. The van der Waals surface area contributed by atoms with Crippen molar-refractivity contribution in [3.8, 4) is 16.9 Å². The molecule has 1 aromatic heterocycles. The summed E-state index contributed by atoms with van der Waals surface area (Å²) in [6, 6.07) is 13.1. The molecule has 4 saturated carbocycles. The molecule has 0 saturated heterocycles. The van der Waals surface area contributed by atoms with Gasteiger partial charge in [0.05, 0.1) is 28.5 Å². The van der Waals surface area contributed by atoms with Crippen molar-refractivity contribution in [1.29, 1.82) is 0 Å². The number of carbonyl (C=O) groups is 1. The third-order valence-corrected chi connectivity index (χ3v) is 14.9. The van der Waals surface area contributed by atoms with Gasteiger partial charge in [0.15, 0.2) is 5.69 Å². The molecule has 0 aliphatic heterocycles. The van der Waals surface area contributed by atoms with Crippen molar-refractivity contribution in [3.63, 3.8) is 0 Å². The largest absolute Gasteiger partial charge is 0.481 e. The fourth-order valence-electron chi connectivity index (χ4n) is 11.2. The van der Waals surface area contributed by atoms with E-state index in [0.717, 1.165) is 48.4 Å². The first-order valence-corrected chi connectivity index (χ1v) is 20.7. The number of aliphatic hydroxyl groups excluding tert-OH is 2. The predicted molar refractivity (Wildman–Crippen MR) is 199 cm³/mol. The van der Waals surface area contributed by atoms with Crippen molar-refractivity contribution in [3.05, 3.63) is 65.9 Å². The number of sulfonamides is 1. The van der Waals surface area contributed by atoms with E-state index in [4.69, 9.17) is 10.2 Å². The number of alkyl halides is 3. The van der Waals surface area contributed by atoms with Gasteiger partial charge in [-0.25, -0.2) is 18.2 Å². The molecule has 4 fully saturated rings. The van der Waals surface area contributed by atoms with Gasteiger partial charge in [0.25, 0.3) is 0 Å². The van der Waals surface area contributed by atoms with E-state index in [1.54, 1.807) is 24.3 Å². The number of aliphatic hydroxyl groups is 2. The number of benzene rings is 2. The van der Waals surface area contributed by atoms with Gasteiger partial charge in [0.1, 0.15) is 0 Å². The van der Waals surface area contributed by atoms with E-state index >= 15 is 0 Å². The maximum atomic E-state index is 13.1. The summed E-state index contributed by atoms with van der Waals surface area (Å²) in [6.45, 7) is 9.03. The standard InChI is InChI=1S/C24H40O4.C17H14F3N3O2S/c1-14(4-7-21(27)28)17-5-6-18-22-19(9-11-24(17,18)3)23(2)10-8-16(25)12-15(23)13-20(22)26;1-11-2-4-12(5-3-11)15-10-16(17(18,19)20)22-23(15)13-6-8-14(9-7-13)26(21,24)25/h14-20,22,25-26H,4-13H2,1-3H3,(H,27,28);2-10H,1H3,(H2,21,24,25)/t14-,15?,16+,17-,18?,19?,20+,22?,23+,24-;/m1./s1. The molecule has 9 nitrogen and oxygen atoms in total. The Labute approximate surface area is 316 Å². The number of primary sulfonamides is 1. The van der Waals surface area contributed by atoms with Gasteiger partial charge in [-0.15, -0.1) is 0 Å². The Hall–Kier alpha value is -3.26. The summed E-state index contributed by atoms with van der Waals surface area (Å²) >= 11 is 0. The molecule has 5 N–H and O–H groups in total. The molecule has 4 unspecified atom stereocenters. The van der Waals surface area contributed by atoms with Crippen LogP contribution in [0.3, 0.4) is 0 Å². The molecule has 1 heterocycles. The van der Waals surface area contributed by atoms with Crippen molar-refractivity contribution in [2.75, 3.05) is 0 Å². The maximum absolute atomic E-state index is 13.1. The van der Waals surface area contributed by atoms with Gasteiger partial charge in [-0.3, -0.25) is 4.79 Å². The monoisotopic (exact) mass is 773 g/mol. The topological polar surface area (TPSA) is 156 Å². The lowest BCUT2D eigenvalue weighted by Crippen LogP contribution is -2.58. The summed E-state index contributed by atoms with van der Waals surface area (Å²) in [5.41, 5.74) is 1.52. The molecular weight excluding hydrogens is 720 g/mol. The number of nitrogens with zero attached hydrogens (tertiary/aromatic N) is 2. The van der Waals surface area contributed by atoms with E-state index in [9.17, 15) is 36.6 Å². The van der Waals surface area contributed by atoms with E-state index in [-0.39, 0.29) is 45.7 Å². The number of fused-ring (bicyclic) bond motifs is 5. The maximum Gasteiger partial charge on any atom is 0.435 e. The number of aliphatic carboxylic acids is 1. The van der Waals surface area contributed by atoms with Crippen LogP contribution < -0.4 is 5.14 Å². The van der Waals surface area contributed by atoms with Gasteiger partial charge in [0.2, 0.25) is 10.0 Å². The summed E-state index contributed by atoms with van der Waals surface area (Å²) < 4.78 is 63.2. The Bertz CT molecular complexity index is 1920. The van der Waals surface area contributed by atoms with Crippen molar-refractivity contribution >= 4 is 16.0 Å². The Kier molecular flexibility index (Phi) is 11.2. The van der Waals surface area contributed by atoms with Crippen LogP contribution in [0.5, 0.6) is 0 Å². The smallest absolute Gasteiger partial charge is 0.435 e. The van der Waals surface area contributed by atoms with E-state index in [1.165, 1.54) is 49.9 Å². The van der Waals surface area contributed by atoms with Crippen molar-refractivity contribution in [1.82, 2.24) is 9.78 Å². The first-order valence-electron chi connectivity index (χ1n) is 19.2. The van der Waals surface area contributed by atoms with E-state index < -0.39 is 27.9 Å². The number of aromatic nitrogens is 2. The van der Waals surface area contributed by atoms with Crippen LogP contribution in [0, 0.1) is 53.3 Å². The number of halogens is 3. The third-order valence-electron chi connectivity index (χ3n) is 14.0. The highest BCUT2D eigenvalue weighted by molar-refractivity contribution is 7.89. The van der Waals surface area contributed by atoms with E-state index in [1.807, 2.05) is 6.92 Å². The predicted octanol–water partition coefficient (Wildman–Crippen LogP) is 7.99. The number of hydrogen-bond donors (Lipinski definition) is 4. The Morgan fingerprint density at radius 3 is 2.20 bits per heavy atom. The quantitative estimate of drug-likeness (QED) is 0.190. The first kappa shape index (κ1) is 40.4. The van der Waals surface area contributed by atoms with Crippen LogP contribution in [0.25, 0.3) is 16.9 Å². The molecule has 0 amide bonds. The zero-order valence-electron chi connectivity index (χ0n) is 31.5. The number of nitrogens with two attached hydrogens (primary N) is 1. The minimum atomic E-state index is -4.61. The van der Waals surface area contributed by atoms with Gasteiger partial charge in [0, 0.05) is 12.0 Å². The van der Waals surface area contributed by atoms with Crippen LogP contribution in [0.15, 0.2) is 59.5 Å². The molecular formula is C41H54F3N3O6S. The highest BCUT2D eigenvalue weighted by Gasteiger charge is 2.62. The molecule has 2 aromatic carbocycles. The molecule has 10 atom stereocenters. The van der Waals surface area contributed by atoms with Crippen molar-refractivity contribution in [2.24, 2.45) is 51.5 Å². The van der Waals surface area contributed by atoms with E-state index in [2.05, 4.69) is 25.9 Å². The molecule has 0 bridgehead atoms. The van der Waals surface area contributed by atoms with Gasteiger partial charge in [-0.2, -0.15) is 18.3 Å². The average molecular weight is 774 g/mol. The van der Waals surface area contributed by atoms with Crippen molar-refractivity contribution < 1.29 is 41.7 Å². The highest BCUT2D eigenvalue weighted by atomic mass is 32.2. The Balaban J connectivity index is 0.000000185. The second kappa shape index (κ2) is 15.0. The third kappa shape index (κ3) is 7.88. The number of carboxylic acids is 1. The first-order chi connectivity index (χ1) is 25.2. The minimum Gasteiger partial charge on any atom is -0.481 e. The van der Waals surface area contributed by atoms with Gasteiger partial charge < -0.3 is 15.3 Å². The second-order valence-corrected chi connectivity index (χ2v) is 18.7. The van der Waals surface area contributed by atoms with E-state index in [0.29, 0.717) is 41.1 Å². The molecule has 0 radical (unpaired) electrons. The van der Waals surface area contributed by atoms with Crippen LogP contribution in [-0.4, -0.2) is 51.7 Å². The fraction of sp³-hybridized carbons (Fsp3) is 0.610. The lowest BCUT2D eigenvalue weighted by molar-refractivity contribution is -0.174. The van der Waals surface area contributed by atoms with Crippen LogP contribution in [0.2, 0.25) is 0 Å². The fourth-order valence-corrected chi connectivity index (χ4v) is 11.7. The normalized spacial score (nSPS) is 32.7. The summed E-state index contributed by atoms with van der Waals surface area (Å²) in [4.78, 5) is 10.9. The molecule has 4 aliphatic rings. The molecule has 296 valence electrons. The average Bonchev–Trinajstić information content (AvgIpc) is 3.71. The molecule has 13 heteroatoms. The van der Waals surface area contributed by atoms with Crippen LogP contribution in [0.4, 0.5) is 13.2 Å². The lowest BCUT2D eigenvalue weighted by atomic mass is 9.43. The van der Waals surface area contributed by atoms with Crippen LogP contribution in [0.1, 0.15) is 96.2 Å². The second-order valence-electron chi connectivity index (χ2n) is 17.1. The zero-order valence-corrected chi connectivity index (χ0v) is 32.3. The molecule has 0 spiro atoms. The minimum absolute atomic E-state index is 0.138. The van der Waals surface area contributed by atoms with Gasteiger partial charge >= 0.3 is 12.1 Å². The summed E-state index contributed by atoms with van der Waals surface area (Å²) in [7, 11) is -3.90. The number of carboxylic acid groups (broad SMARTS) is 1. The highest BCUT2D eigenvalue weighted by Crippen LogP contribution is 2.68. The van der Waals surface area contributed by atoms with Gasteiger partial charge in [-0.05, 0) is 141 Å². The summed E-state index contributed by atoms with van der Waals surface area (Å²) in [5, 5.41) is 39.2. The number of hydrogen-bond acceptors (Lipinski definition) is 6. The summed E-state index contributed by atoms with van der Waals surface area (Å²) in [6.07, 6.45) is 4.59. The molecule has 7 rings (SSSR count). The summed E-state index contributed by atoms with van der Waals surface area (Å²) in [5.74, 6) is 2.36. The molecule has 3 aromatic rings. The Morgan fingerprint density at radius 1 is 0.963 bits per heavy atom. The number of rotatable bonds is 7. The lowest BCUT2D eigenvalue weighted by Gasteiger charge is -2.62. The molecule has 4 aliphatic carbocycles.